The number of benzene rings is 2. The van der Waals surface area contributed by atoms with E-state index in [9.17, 15) is 9.18 Å². The predicted octanol–water partition coefficient (Wildman–Crippen LogP) is 3.42. The van der Waals surface area contributed by atoms with Gasteiger partial charge >= 0.3 is 5.97 Å². The quantitative estimate of drug-likeness (QED) is 0.654. The third-order valence-corrected chi connectivity index (χ3v) is 3.09. The van der Waals surface area contributed by atoms with Crippen molar-refractivity contribution in [2.45, 2.75) is 12.8 Å². The Labute approximate surface area is 123 Å². The summed E-state index contributed by atoms with van der Waals surface area (Å²) in [5.74, 6) is -0.704. The zero-order valence-corrected chi connectivity index (χ0v) is 11.6. The summed E-state index contributed by atoms with van der Waals surface area (Å²) in [5.41, 5.74) is 1.64. The highest BCUT2D eigenvalue weighted by Crippen LogP contribution is 2.22. The molecule has 2 aromatic rings. The van der Waals surface area contributed by atoms with Crippen LogP contribution < -0.4 is 0 Å². The summed E-state index contributed by atoms with van der Waals surface area (Å²) in [7, 11) is 0. The monoisotopic (exact) mass is 288 g/mol. The number of rotatable bonds is 6. The first-order valence-corrected chi connectivity index (χ1v) is 6.85. The normalized spacial score (nSPS) is 10.4. The molecule has 4 heteroatoms. The van der Waals surface area contributed by atoms with Gasteiger partial charge in [0.25, 0.3) is 0 Å². The third-order valence-electron chi connectivity index (χ3n) is 3.09. The van der Waals surface area contributed by atoms with Gasteiger partial charge in [-0.2, -0.15) is 0 Å². The number of hydrogen-bond acceptors (Lipinski definition) is 3. The summed E-state index contributed by atoms with van der Waals surface area (Å²) in [5, 5.41) is 8.64. The molecule has 0 unspecified atom stereocenters. The summed E-state index contributed by atoms with van der Waals surface area (Å²) in [6.07, 6.45) is 1.25. The Hall–Kier alpha value is -2.20. The molecule has 2 aromatic carbocycles. The van der Waals surface area contributed by atoms with E-state index in [-0.39, 0.29) is 19.0 Å². The van der Waals surface area contributed by atoms with Gasteiger partial charge in [-0.3, -0.25) is 0 Å². The maximum atomic E-state index is 13.7. The minimum Gasteiger partial charge on any atom is -0.462 e. The van der Waals surface area contributed by atoms with Crippen LogP contribution in [-0.4, -0.2) is 24.3 Å². The predicted molar refractivity (Wildman–Crippen MR) is 78.4 cm³/mol. The molecule has 21 heavy (non-hydrogen) atoms. The SMILES string of the molecule is O=C(OCCCCO)c1ccc(-c2ccccc2F)cc1. The van der Waals surface area contributed by atoms with Crippen molar-refractivity contribution in [3.63, 3.8) is 0 Å². The first-order valence-electron chi connectivity index (χ1n) is 6.85. The van der Waals surface area contributed by atoms with Gasteiger partial charge in [0.2, 0.25) is 0 Å². The number of halogens is 1. The molecule has 3 nitrogen and oxygen atoms in total. The van der Waals surface area contributed by atoms with Crippen molar-refractivity contribution in [2.24, 2.45) is 0 Å². The summed E-state index contributed by atoms with van der Waals surface area (Å²) in [4.78, 5) is 11.8. The van der Waals surface area contributed by atoms with Crippen LogP contribution >= 0.6 is 0 Å². The van der Waals surface area contributed by atoms with E-state index in [1.165, 1.54) is 6.07 Å². The Morgan fingerprint density at radius 1 is 1.05 bits per heavy atom. The molecule has 0 fully saturated rings. The van der Waals surface area contributed by atoms with E-state index in [1.807, 2.05) is 0 Å². The molecular formula is C17H17FO3. The second kappa shape index (κ2) is 7.55. The molecule has 2 rings (SSSR count). The molecule has 0 radical (unpaired) electrons. The number of aliphatic hydroxyl groups excluding tert-OH is 1. The van der Waals surface area contributed by atoms with Crippen LogP contribution in [0.2, 0.25) is 0 Å². The number of carbonyl (C=O) groups excluding carboxylic acids is 1. The fraction of sp³-hybridized carbons (Fsp3) is 0.235. The van der Waals surface area contributed by atoms with Gasteiger partial charge in [-0.1, -0.05) is 30.3 Å². The molecule has 110 valence electrons. The fourth-order valence-electron chi connectivity index (χ4n) is 1.94. The fourth-order valence-corrected chi connectivity index (χ4v) is 1.94. The summed E-state index contributed by atoms with van der Waals surface area (Å²) in [6, 6.07) is 13.1. The number of esters is 1. The van der Waals surface area contributed by atoms with Crippen LogP contribution in [0.25, 0.3) is 11.1 Å². The number of unbranched alkanes of at least 4 members (excludes halogenated alkanes) is 1. The first kappa shape index (κ1) is 15.2. The van der Waals surface area contributed by atoms with Crippen LogP contribution in [0, 0.1) is 5.82 Å². The van der Waals surface area contributed by atoms with Crippen molar-refractivity contribution in [1.29, 1.82) is 0 Å². The van der Waals surface area contributed by atoms with Crippen molar-refractivity contribution >= 4 is 5.97 Å². The number of ether oxygens (including phenoxy) is 1. The lowest BCUT2D eigenvalue weighted by Crippen LogP contribution is -2.06. The molecule has 0 saturated heterocycles. The highest BCUT2D eigenvalue weighted by Gasteiger charge is 2.08. The zero-order valence-electron chi connectivity index (χ0n) is 11.6. The highest BCUT2D eigenvalue weighted by atomic mass is 19.1. The van der Waals surface area contributed by atoms with E-state index < -0.39 is 5.97 Å². The van der Waals surface area contributed by atoms with Crippen LogP contribution in [0.15, 0.2) is 48.5 Å². The summed E-state index contributed by atoms with van der Waals surface area (Å²) >= 11 is 0. The van der Waals surface area contributed by atoms with E-state index in [1.54, 1.807) is 42.5 Å². The lowest BCUT2D eigenvalue weighted by molar-refractivity contribution is 0.0492. The largest absolute Gasteiger partial charge is 0.462 e. The lowest BCUT2D eigenvalue weighted by Gasteiger charge is -2.06. The topological polar surface area (TPSA) is 46.5 Å². The molecule has 0 amide bonds. The van der Waals surface area contributed by atoms with Crippen molar-refractivity contribution < 1.29 is 19.0 Å². The molecule has 0 aliphatic carbocycles. The maximum absolute atomic E-state index is 13.7. The number of aliphatic hydroxyl groups is 1. The highest BCUT2D eigenvalue weighted by molar-refractivity contribution is 5.90. The van der Waals surface area contributed by atoms with Crippen molar-refractivity contribution in [1.82, 2.24) is 0 Å². The molecule has 0 aliphatic rings. The summed E-state index contributed by atoms with van der Waals surface area (Å²) < 4.78 is 18.7. The van der Waals surface area contributed by atoms with E-state index in [2.05, 4.69) is 0 Å². The summed E-state index contributed by atoms with van der Waals surface area (Å²) in [6.45, 7) is 0.378. The van der Waals surface area contributed by atoms with Gasteiger partial charge in [0, 0.05) is 12.2 Å². The van der Waals surface area contributed by atoms with Gasteiger partial charge in [-0.25, -0.2) is 9.18 Å². The van der Waals surface area contributed by atoms with E-state index >= 15 is 0 Å². The maximum Gasteiger partial charge on any atom is 0.338 e. The Bertz CT molecular complexity index is 593. The van der Waals surface area contributed by atoms with E-state index in [4.69, 9.17) is 9.84 Å². The Balaban J connectivity index is 2.02. The van der Waals surface area contributed by atoms with Crippen molar-refractivity contribution in [3.8, 4) is 11.1 Å². The Morgan fingerprint density at radius 2 is 1.76 bits per heavy atom. The smallest absolute Gasteiger partial charge is 0.338 e. The number of hydrogen-bond donors (Lipinski definition) is 1. The molecule has 0 heterocycles. The van der Waals surface area contributed by atoms with Gasteiger partial charge in [0.15, 0.2) is 0 Å². The Morgan fingerprint density at radius 3 is 2.43 bits per heavy atom. The van der Waals surface area contributed by atoms with Gasteiger partial charge in [-0.05, 0) is 36.6 Å². The van der Waals surface area contributed by atoms with E-state index in [0.717, 1.165) is 0 Å². The first-order chi connectivity index (χ1) is 10.2. The molecule has 0 atom stereocenters. The molecular weight excluding hydrogens is 271 g/mol. The van der Waals surface area contributed by atoms with Crippen LogP contribution in [0.3, 0.4) is 0 Å². The average Bonchev–Trinajstić information content (AvgIpc) is 2.52. The molecule has 0 aromatic heterocycles. The molecule has 0 bridgehead atoms. The van der Waals surface area contributed by atoms with Gasteiger partial charge in [0.05, 0.1) is 12.2 Å². The molecule has 0 aliphatic heterocycles. The standard InChI is InChI=1S/C17H17FO3/c18-16-6-2-1-5-15(16)13-7-9-14(10-8-13)17(20)21-12-4-3-11-19/h1-2,5-10,19H,3-4,11-12H2. The van der Waals surface area contributed by atoms with Crippen LogP contribution in [0.4, 0.5) is 4.39 Å². The molecule has 1 N–H and O–H groups in total. The van der Waals surface area contributed by atoms with Crippen molar-refractivity contribution in [3.05, 3.63) is 59.9 Å². The second-order valence-electron chi connectivity index (χ2n) is 4.62. The van der Waals surface area contributed by atoms with Gasteiger partial charge < -0.3 is 9.84 Å². The van der Waals surface area contributed by atoms with Gasteiger partial charge in [-0.15, -0.1) is 0 Å². The second-order valence-corrected chi connectivity index (χ2v) is 4.62. The van der Waals surface area contributed by atoms with Gasteiger partial charge in [0.1, 0.15) is 5.82 Å². The van der Waals surface area contributed by atoms with Crippen LogP contribution in [-0.2, 0) is 4.74 Å². The Kier molecular flexibility index (Phi) is 5.46. The van der Waals surface area contributed by atoms with E-state index in [0.29, 0.717) is 29.5 Å². The lowest BCUT2D eigenvalue weighted by atomic mass is 10.0. The van der Waals surface area contributed by atoms with Crippen molar-refractivity contribution in [2.75, 3.05) is 13.2 Å². The zero-order chi connectivity index (χ0) is 15.1. The molecule has 0 saturated carbocycles. The number of carbonyl (C=O) groups is 1. The van der Waals surface area contributed by atoms with Crippen LogP contribution in [0.5, 0.6) is 0 Å². The van der Waals surface area contributed by atoms with Crippen LogP contribution in [0.1, 0.15) is 23.2 Å². The molecule has 0 spiro atoms. The minimum absolute atomic E-state index is 0.0922. The minimum atomic E-state index is -0.409. The average molecular weight is 288 g/mol. The third kappa shape index (κ3) is 4.13.